The standard InChI is InChI=1S/C26H43N5O3/c1-21(32)28-26(14-6-2-3-7-15-26)25-27-23(34-29-25)10-11-24(33)31-18-12-22(13-19-31)20-30-16-8-4-5-9-17-30/h22H,2-20H2,1H3,(H,28,32). The molecule has 1 aromatic rings. The molecule has 2 saturated heterocycles. The van der Waals surface area contributed by atoms with Crippen LogP contribution in [0.5, 0.6) is 0 Å². The van der Waals surface area contributed by atoms with Crippen molar-refractivity contribution < 1.29 is 14.1 Å². The minimum absolute atomic E-state index is 0.0670. The van der Waals surface area contributed by atoms with Crippen LogP contribution >= 0.6 is 0 Å². The van der Waals surface area contributed by atoms with E-state index in [9.17, 15) is 9.59 Å². The zero-order valence-electron chi connectivity index (χ0n) is 21.0. The first kappa shape index (κ1) is 25.1. The van der Waals surface area contributed by atoms with Crippen molar-refractivity contribution in [1.29, 1.82) is 0 Å². The third-order valence-corrected chi connectivity index (χ3v) is 8.00. The molecule has 4 rings (SSSR count). The molecule has 8 heteroatoms. The smallest absolute Gasteiger partial charge is 0.227 e. The number of aromatic nitrogens is 2. The van der Waals surface area contributed by atoms with Gasteiger partial charge in [-0.05, 0) is 57.5 Å². The number of nitrogens with zero attached hydrogens (tertiary/aromatic N) is 4. The number of likely N-dealkylation sites (tertiary alicyclic amines) is 2. The van der Waals surface area contributed by atoms with Gasteiger partial charge in [-0.2, -0.15) is 4.98 Å². The lowest BCUT2D eigenvalue weighted by atomic mass is 9.89. The minimum Gasteiger partial charge on any atom is -0.343 e. The van der Waals surface area contributed by atoms with E-state index in [1.54, 1.807) is 6.92 Å². The Morgan fingerprint density at radius 2 is 1.62 bits per heavy atom. The fraction of sp³-hybridized carbons (Fsp3) is 0.846. The van der Waals surface area contributed by atoms with Crippen LogP contribution < -0.4 is 5.32 Å². The van der Waals surface area contributed by atoms with Crippen LogP contribution in [0.25, 0.3) is 0 Å². The third kappa shape index (κ3) is 6.80. The second-order valence-corrected chi connectivity index (χ2v) is 10.7. The molecule has 1 saturated carbocycles. The van der Waals surface area contributed by atoms with E-state index in [1.807, 2.05) is 4.90 Å². The van der Waals surface area contributed by atoms with Gasteiger partial charge >= 0.3 is 0 Å². The van der Waals surface area contributed by atoms with E-state index in [0.29, 0.717) is 30.5 Å². The van der Waals surface area contributed by atoms with Crippen LogP contribution in [0.15, 0.2) is 4.52 Å². The number of rotatable bonds is 7. The summed E-state index contributed by atoms with van der Waals surface area (Å²) >= 11 is 0. The number of hydrogen-bond acceptors (Lipinski definition) is 6. The molecule has 1 aromatic heterocycles. The molecule has 1 aliphatic carbocycles. The highest BCUT2D eigenvalue weighted by atomic mass is 16.5. The van der Waals surface area contributed by atoms with Crippen LogP contribution in [0, 0.1) is 5.92 Å². The van der Waals surface area contributed by atoms with Gasteiger partial charge in [-0.25, -0.2) is 0 Å². The summed E-state index contributed by atoms with van der Waals surface area (Å²) in [4.78, 5) is 34.0. The summed E-state index contributed by atoms with van der Waals surface area (Å²) < 4.78 is 5.53. The van der Waals surface area contributed by atoms with Crippen molar-refractivity contribution in [2.45, 2.75) is 102 Å². The Hall–Kier alpha value is -1.96. The number of carbonyl (C=O) groups excluding carboxylic acids is 2. The highest BCUT2D eigenvalue weighted by Crippen LogP contribution is 2.34. The molecule has 2 amide bonds. The van der Waals surface area contributed by atoms with Crippen molar-refractivity contribution in [3.63, 3.8) is 0 Å². The Balaban J connectivity index is 1.25. The van der Waals surface area contributed by atoms with Crippen molar-refractivity contribution in [2.75, 3.05) is 32.7 Å². The predicted octanol–water partition coefficient (Wildman–Crippen LogP) is 3.80. The van der Waals surface area contributed by atoms with Crippen molar-refractivity contribution in [3.8, 4) is 0 Å². The zero-order chi connectivity index (χ0) is 23.8. The van der Waals surface area contributed by atoms with Crippen molar-refractivity contribution in [1.82, 2.24) is 25.3 Å². The fourth-order valence-corrected chi connectivity index (χ4v) is 6.05. The maximum atomic E-state index is 12.8. The third-order valence-electron chi connectivity index (χ3n) is 8.00. The Bertz CT molecular complexity index is 786. The van der Waals surface area contributed by atoms with Crippen LogP contribution in [0.2, 0.25) is 0 Å². The molecule has 0 radical (unpaired) electrons. The summed E-state index contributed by atoms with van der Waals surface area (Å²) in [6, 6.07) is 0. The van der Waals surface area contributed by atoms with Crippen molar-refractivity contribution in [2.24, 2.45) is 5.92 Å². The van der Waals surface area contributed by atoms with E-state index in [4.69, 9.17) is 4.52 Å². The maximum absolute atomic E-state index is 12.8. The van der Waals surface area contributed by atoms with E-state index in [0.717, 1.165) is 64.5 Å². The number of piperidine rings is 1. The topological polar surface area (TPSA) is 91.6 Å². The van der Waals surface area contributed by atoms with Crippen LogP contribution in [0.3, 0.4) is 0 Å². The van der Waals surface area contributed by atoms with Gasteiger partial charge in [0, 0.05) is 39.4 Å². The molecule has 0 atom stereocenters. The Morgan fingerprint density at radius 3 is 2.26 bits per heavy atom. The van der Waals surface area contributed by atoms with Crippen molar-refractivity contribution in [3.05, 3.63) is 11.7 Å². The fourth-order valence-electron chi connectivity index (χ4n) is 6.05. The molecule has 3 heterocycles. The summed E-state index contributed by atoms with van der Waals surface area (Å²) in [5, 5.41) is 7.35. The number of amides is 2. The van der Waals surface area contributed by atoms with Gasteiger partial charge < -0.3 is 19.6 Å². The van der Waals surface area contributed by atoms with E-state index >= 15 is 0 Å². The second kappa shape index (κ2) is 12.1. The molecule has 0 unspecified atom stereocenters. The quantitative estimate of drug-likeness (QED) is 0.606. The Kier molecular flexibility index (Phi) is 8.98. The number of carbonyl (C=O) groups is 2. The molecule has 0 aromatic carbocycles. The van der Waals surface area contributed by atoms with Gasteiger partial charge in [-0.1, -0.05) is 43.7 Å². The number of hydrogen-bond donors (Lipinski definition) is 1. The van der Waals surface area contributed by atoms with Gasteiger partial charge in [0.25, 0.3) is 0 Å². The highest BCUT2D eigenvalue weighted by molar-refractivity contribution is 5.76. The molecule has 0 spiro atoms. The van der Waals surface area contributed by atoms with E-state index in [2.05, 4.69) is 20.4 Å². The molecule has 8 nitrogen and oxygen atoms in total. The predicted molar refractivity (Wildman–Crippen MR) is 130 cm³/mol. The zero-order valence-corrected chi connectivity index (χ0v) is 21.0. The minimum atomic E-state index is -0.538. The summed E-state index contributed by atoms with van der Waals surface area (Å²) in [7, 11) is 0. The SMILES string of the molecule is CC(=O)NC1(c2noc(CCC(=O)N3CCC(CN4CCCCCC4)CC3)n2)CCCCCC1. The van der Waals surface area contributed by atoms with Crippen LogP contribution in [0.1, 0.15) is 102 Å². The van der Waals surface area contributed by atoms with E-state index in [1.165, 1.54) is 45.3 Å². The van der Waals surface area contributed by atoms with E-state index in [-0.39, 0.29) is 11.8 Å². The van der Waals surface area contributed by atoms with Crippen LogP contribution in [-0.4, -0.2) is 64.5 Å². The largest absolute Gasteiger partial charge is 0.343 e. The number of nitrogens with one attached hydrogen (secondary N) is 1. The van der Waals surface area contributed by atoms with Crippen LogP contribution in [0.4, 0.5) is 0 Å². The monoisotopic (exact) mass is 473 g/mol. The summed E-state index contributed by atoms with van der Waals surface area (Å²) in [6.07, 6.45) is 14.5. The van der Waals surface area contributed by atoms with E-state index < -0.39 is 5.54 Å². The molecule has 2 aliphatic heterocycles. The molecule has 190 valence electrons. The molecule has 1 N–H and O–H groups in total. The molecule has 3 aliphatic rings. The second-order valence-electron chi connectivity index (χ2n) is 10.7. The Morgan fingerprint density at radius 1 is 0.971 bits per heavy atom. The average Bonchev–Trinajstić information content (AvgIpc) is 3.00. The summed E-state index contributed by atoms with van der Waals surface area (Å²) in [5.41, 5.74) is -0.538. The van der Waals surface area contributed by atoms with Gasteiger partial charge in [0.15, 0.2) is 5.82 Å². The normalized spacial score (nSPS) is 22.7. The number of aryl methyl sites for hydroxylation is 1. The van der Waals surface area contributed by atoms with Crippen molar-refractivity contribution >= 4 is 11.8 Å². The lowest BCUT2D eigenvalue weighted by Crippen LogP contribution is -2.45. The first-order chi connectivity index (χ1) is 16.5. The Labute approximate surface area is 204 Å². The first-order valence-electron chi connectivity index (χ1n) is 13.7. The average molecular weight is 474 g/mol. The molecule has 34 heavy (non-hydrogen) atoms. The highest BCUT2D eigenvalue weighted by Gasteiger charge is 2.38. The molecule has 0 bridgehead atoms. The van der Waals surface area contributed by atoms with Gasteiger partial charge in [0.05, 0.1) is 0 Å². The lowest BCUT2D eigenvalue weighted by Gasteiger charge is -2.34. The lowest BCUT2D eigenvalue weighted by molar-refractivity contribution is -0.132. The summed E-state index contributed by atoms with van der Waals surface area (Å²) in [6.45, 7) is 6.95. The van der Waals surface area contributed by atoms with Gasteiger partial charge in [0.1, 0.15) is 5.54 Å². The van der Waals surface area contributed by atoms with Crippen LogP contribution in [-0.2, 0) is 21.5 Å². The van der Waals surface area contributed by atoms with Gasteiger partial charge in [0.2, 0.25) is 17.7 Å². The first-order valence-corrected chi connectivity index (χ1v) is 13.7. The molecular weight excluding hydrogens is 430 g/mol. The molecule has 3 fully saturated rings. The van der Waals surface area contributed by atoms with Gasteiger partial charge in [-0.15, -0.1) is 0 Å². The summed E-state index contributed by atoms with van der Waals surface area (Å²) in [5.74, 6) is 1.89. The van der Waals surface area contributed by atoms with Gasteiger partial charge in [-0.3, -0.25) is 9.59 Å². The molecular formula is C26H43N5O3. The maximum Gasteiger partial charge on any atom is 0.227 e.